The zero-order valence-corrected chi connectivity index (χ0v) is 14.3. The maximum atomic E-state index is 10.7. The van der Waals surface area contributed by atoms with Crippen molar-refractivity contribution in [1.29, 1.82) is 0 Å². The van der Waals surface area contributed by atoms with E-state index in [4.69, 9.17) is 5.11 Å². The molecule has 0 aliphatic heterocycles. The fourth-order valence-electron chi connectivity index (χ4n) is 2.53. The lowest BCUT2D eigenvalue weighted by molar-refractivity contribution is -0.512. The van der Waals surface area contributed by atoms with Gasteiger partial charge in [-0.15, -0.1) is 4.68 Å². The summed E-state index contributed by atoms with van der Waals surface area (Å²) in [7, 11) is 0. The topological polar surface area (TPSA) is 64.4 Å². The molecular weight excluding hydrogens is 302 g/mol. The lowest BCUT2D eigenvalue weighted by Gasteiger charge is -2.17. The molecule has 24 heavy (non-hydrogen) atoms. The zero-order chi connectivity index (χ0) is 17.5. The first-order chi connectivity index (χ1) is 11.5. The third-order valence-electron chi connectivity index (χ3n) is 3.59. The first kappa shape index (κ1) is 17.5. The van der Waals surface area contributed by atoms with Crippen molar-refractivity contribution >= 4 is 18.0 Å². The summed E-state index contributed by atoms with van der Waals surface area (Å²) in [6, 6.07) is 16.4. The molecule has 0 heterocycles. The molecule has 0 aliphatic rings. The number of carbonyl (C=O) groups is 1. The normalized spacial score (nSPS) is 12.5. The molecular formula is C19H24N3O2+. The van der Waals surface area contributed by atoms with Gasteiger partial charge in [0.05, 0.1) is 6.04 Å². The second-order valence-corrected chi connectivity index (χ2v) is 5.88. The molecule has 0 fully saturated rings. The first-order valence-corrected chi connectivity index (χ1v) is 7.93. The lowest BCUT2D eigenvalue weighted by Crippen LogP contribution is -2.34. The largest absolute Gasteiger partial charge is 0.478 e. The molecule has 0 amide bonds. The molecule has 0 unspecified atom stereocenters. The molecule has 2 rings (SSSR count). The van der Waals surface area contributed by atoms with Crippen LogP contribution in [0.4, 0.5) is 5.69 Å². The number of carboxylic acids is 1. The molecule has 0 saturated heterocycles. The van der Waals surface area contributed by atoms with E-state index >= 15 is 0 Å². The van der Waals surface area contributed by atoms with E-state index in [1.54, 1.807) is 6.34 Å². The Labute approximate surface area is 142 Å². The number of hydrazine groups is 1. The van der Waals surface area contributed by atoms with Gasteiger partial charge in [-0.25, -0.2) is 10.2 Å². The number of nitrogens with zero attached hydrogens (tertiary/aromatic N) is 1. The summed E-state index contributed by atoms with van der Waals surface area (Å²) in [5, 5.41) is 11.6. The van der Waals surface area contributed by atoms with Crippen LogP contribution in [0.5, 0.6) is 0 Å². The van der Waals surface area contributed by atoms with Crippen LogP contribution in [-0.2, 0) is 4.79 Å². The molecule has 5 nitrogen and oxygen atoms in total. The summed E-state index contributed by atoms with van der Waals surface area (Å²) >= 11 is 0. The minimum atomic E-state index is -0.900. The maximum absolute atomic E-state index is 10.7. The van der Waals surface area contributed by atoms with Crippen LogP contribution in [0.1, 0.15) is 29.7 Å². The molecule has 0 spiro atoms. The Morgan fingerprint density at radius 1 is 1.17 bits per heavy atom. The number of carboxylic acid groups (broad SMARTS) is 1. The van der Waals surface area contributed by atoms with E-state index < -0.39 is 5.97 Å². The van der Waals surface area contributed by atoms with Crippen LogP contribution in [0.25, 0.3) is 0 Å². The number of hydrogen-bond acceptors (Lipinski definition) is 2. The highest BCUT2D eigenvalue weighted by atomic mass is 16.4. The Hall–Kier alpha value is -2.82. The van der Waals surface area contributed by atoms with Crippen LogP contribution < -0.4 is 10.7 Å². The summed E-state index contributed by atoms with van der Waals surface area (Å²) in [6.07, 6.45) is 1.65. The van der Waals surface area contributed by atoms with Crippen LogP contribution in [0, 0.1) is 13.8 Å². The molecule has 126 valence electrons. The number of nitrogens with one attached hydrogen (secondary N) is 2. The van der Waals surface area contributed by atoms with Gasteiger partial charge in [0.2, 0.25) is 0 Å². The van der Waals surface area contributed by atoms with E-state index in [2.05, 4.69) is 48.0 Å². The number of benzene rings is 2. The molecule has 0 radical (unpaired) electrons. The third kappa shape index (κ3) is 5.12. The van der Waals surface area contributed by atoms with Crippen molar-refractivity contribution in [3.63, 3.8) is 0 Å². The summed E-state index contributed by atoms with van der Waals surface area (Å²) in [5.41, 5.74) is 7.80. The van der Waals surface area contributed by atoms with Gasteiger partial charge in [0.15, 0.2) is 12.2 Å². The van der Waals surface area contributed by atoms with Crippen LogP contribution in [0.2, 0.25) is 0 Å². The molecule has 0 bridgehead atoms. The highest BCUT2D eigenvalue weighted by Crippen LogP contribution is 2.18. The van der Waals surface area contributed by atoms with Crippen molar-refractivity contribution in [2.24, 2.45) is 0 Å². The number of aryl methyl sites for hydroxylation is 2. The predicted molar refractivity (Wildman–Crippen MR) is 95.5 cm³/mol. The molecule has 2 aromatic rings. The van der Waals surface area contributed by atoms with Gasteiger partial charge in [-0.2, -0.15) is 0 Å². The first-order valence-electron chi connectivity index (χ1n) is 7.93. The van der Waals surface area contributed by atoms with Gasteiger partial charge in [0.1, 0.15) is 0 Å². The smallest absolute Gasteiger partial charge is 0.345 e. The van der Waals surface area contributed by atoms with Crippen molar-refractivity contribution in [3.05, 3.63) is 65.2 Å². The van der Waals surface area contributed by atoms with Gasteiger partial charge in [-0.1, -0.05) is 36.4 Å². The summed E-state index contributed by atoms with van der Waals surface area (Å²) < 4.78 is 1.83. The molecule has 0 saturated carbocycles. The van der Waals surface area contributed by atoms with Crippen molar-refractivity contribution in [1.82, 2.24) is 10.7 Å². The minimum absolute atomic E-state index is 0.0647. The Morgan fingerprint density at radius 2 is 1.79 bits per heavy atom. The van der Waals surface area contributed by atoms with Crippen molar-refractivity contribution < 1.29 is 14.6 Å². The van der Waals surface area contributed by atoms with E-state index in [1.165, 1.54) is 0 Å². The monoisotopic (exact) mass is 326 g/mol. The van der Waals surface area contributed by atoms with Crippen molar-refractivity contribution in [2.45, 2.75) is 26.8 Å². The summed E-state index contributed by atoms with van der Waals surface area (Å²) in [5.74, 6) is -0.900. The molecule has 5 heteroatoms. The average Bonchev–Trinajstić information content (AvgIpc) is 2.53. The molecule has 1 atom stereocenters. The van der Waals surface area contributed by atoms with Gasteiger partial charge in [0.25, 0.3) is 6.34 Å². The third-order valence-corrected chi connectivity index (χ3v) is 3.59. The number of hydrazone groups is 1. The number of hydrogen-bond donors (Lipinski definition) is 3. The minimum Gasteiger partial charge on any atom is -0.478 e. The van der Waals surface area contributed by atoms with Gasteiger partial charge in [-0.3, -0.25) is 5.32 Å². The van der Waals surface area contributed by atoms with Gasteiger partial charge >= 0.3 is 5.97 Å². The quantitative estimate of drug-likeness (QED) is 0.317. The highest BCUT2D eigenvalue weighted by Gasteiger charge is 2.12. The van der Waals surface area contributed by atoms with Gasteiger partial charge in [-0.05, 0) is 49.6 Å². The Bertz CT molecular complexity index is 706. The van der Waals surface area contributed by atoms with E-state index in [1.807, 2.05) is 36.7 Å². The maximum Gasteiger partial charge on any atom is 0.345 e. The fraction of sp³-hybridized carbons (Fsp3) is 0.263. The van der Waals surface area contributed by atoms with Crippen LogP contribution in [0.3, 0.4) is 0 Å². The molecule has 3 N–H and O–H groups in total. The van der Waals surface area contributed by atoms with Crippen LogP contribution in [-0.4, -0.2) is 28.6 Å². The van der Waals surface area contributed by atoms with E-state index in [0.717, 1.165) is 22.4 Å². The van der Waals surface area contributed by atoms with Crippen molar-refractivity contribution in [2.75, 3.05) is 6.54 Å². The van der Waals surface area contributed by atoms with Crippen LogP contribution >= 0.6 is 0 Å². The Morgan fingerprint density at radius 3 is 2.38 bits per heavy atom. The predicted octanol–water partition coefficient (Wildman–Crippen LogP) is 2.92. The standard InChI is InChI=1S/C19H23N3O2/c1-14-9-15(2)11-18(10-14)22(13-20-12-19(23)24)21-16(3)17-7-5-4-6-8-17/h4-11,13,16,21H,12H2,1-3H3,(H,23,24)/p+1/t16-/m0/s1. The number of aliphatic carboxylic acids is 1. The average molecular weight is 326 g/mol. The van der Waals surface area contributed by atoms with E-state index in [9.17, 15) is 4.79 Å². The SMILES string of the molecule is Cc1cc(C)cc([N+](=CNCC(=O)O)N[C@@H](C)c2ccccc2)c1. The Balaban J connectivity index is 2.27. The van der Waals surface area contributed by atoms with Gasteiger partial charge in [0, 0.05) is 0 Å². The molecule has 0 aromatic heterocycles. The van der Waals surface area contributed by atoms with E-state index in [0.29, 0.717) is 0 Å². The Kier molecular flexibility index (Phi) is 5.95. The molecule has 2 aromatic carbocycles. The summed E-state index contributed by atoms with van der Waals surface area (Å²) in [4.78, 5) is 10.7. The number of rotatable bonds is 7. The second kappa shape index (κ2) is 8.15. The lowest BCUT2D eigenvalue weighted by atomic mass is 10.1. The van der Waals surface area contributed by atoms with Crippen LogP contribution in [0.15, 0.2) is 48.5 Å². The molecule has 0 aliphatic carbocycles. The van der Waals surface area contributed by atoms with E-state index in [-0.39, 0.29) is 12.6 Å². The second-order valence-electron chi connectivity index (χ2n) is 5.88. The fourth-order valence-corrected chi connectivity index (χ4v) is 2.53. The highest BCUT2D eigenvalue weighted by molar-refractivity contribution is 5.72. The van der Waals surface area contributed by atoms with Crippen molar-refractivity contribution in [3.8, 4) is 0 Å². The zero-order valence-electron chi connectivity index (χ0n) is 14.3. The van der Waals surface area contributed by atoms with Gasteiger partial charge < -0.3 is 5.11 Å². The summed E-state index contributed by atoms with van der Waals surface area (Å²) in [6.45, 7) is 6.01.